The van der Waals surface area contributed by atoms with E-state index in [-0.39, 0.29) is 23.4 Å². The Bertz CT molecular complexity index is 312. The van der Waals surface area contributed by atoms with Gasteiger partial charge in [0.1, 0.15) is 6.10 Å². The summed E-state index contributed by atoms with van der Waals surface area (Å²) in [6, 6.07) is 0. The van der Waals surface area contributed by atoms with Gasteiger partial charge in [-0.25, -0.2) is 0 Å². The fourth-order valence-corrected chi connectivity index (χ4v) is 4.40. The molecular weight excluding hydrogens is 200 g/mol. The molecule has 2 nitrogen and oxygen atoms in total. The molecule has 1 heterocycles. The Morgan fingerprint density at radius 2 is 2.00 bits per heavy atom. The number of carbonyl (C=O) groups excluding carboxylic acids is 1. The molecule has 2 aliphatic carbocycles. The van der Waals surface area contributed by atoms with Crippen molar-refractivity contribution in [2.24, 2.45) is 23.2 Å². The van der Waals surface area contributed by atoms with Gasteiger partial charge in [0.2, 0.25) is 0 Å². The molecule has 5 atom stereocenters. The summed E-state index contributed by atoms with van der Waals surface area (Å²) in [6.45, 7) is 4.54. The van der Waals surface area contributed by atoms with Crippen LogP contribution < -0.4 is 0 Å². The molecule has 2 saturated carbocycles. The van der Waals surface area contributed by atoms with Crippen LogP contribution in [0.5, 0.6) is 0 Å². The van der Waals surface area contributed by atoms with Gasteiger partial charge in [-0.3, -0.25) is 4.79 Å². The average molecular weight is 222 g/mol. The van der Waals surface area contributed by atoms with Crippen molar-refractivity contribution >= 4 is 5.97 Å². The van der Waals surface area contributed by atoms with E-state index in [1.807, 2.05) is 0 Å². The lowest BCUT2D eigenvalue weighted by atomic mass is 9.69. The van der Waals surface area contributed by atoms with Crippen molar-refractivity contribution in [2.45, 2.75) is 58.5 Å². The smallest absolute Gasteiger partial charge is 0.309 e. The third-order valence-corrected chi connectivity index (χ3v) is 5.40. The molecule has 4 bridgehead atoms. The second kappa shape index (κ2) is 3.48. The maximum atomic E-state index is 12.2. The number of rotatable bonds is 1. The van der Waals surface area contributed by atoms with Crippen molar-refractivity contribution in [1.29, 1.82) is 0 Å². The van der Waals surface area contributed by atoms with Gasteiger partial charge in [-0.05, 0) is 55.8 Å². The highest BCUT2D eigenvalue weighted by atomic mass is 16.5. The van der Waals surface area contributed by atoms with Crippen LogP contribution in [0, 0.1) is 23.2 Å². The Labute approximate surface area is 97.7 Å². The third-order valence-electron chi connectivity index (χ3n) is 5.40. The highest BCUT2D eigenvalue weighted by Gasteiger charge is 2.50. The van der Waals surface area contributed by atoms with E-state index in [1.54, 1.807) is 0 Å². The summed E-state index contributed by atoms with van der Waals surface area (Å²) in [5.74, 6) is 1.86. The Balaban J connectivity index is 2.00. The molecule has 1 aliphatic heterocycles. The van der Waals surface area contributed by atoms with Gasteiger partial charge in [-0.2, -0.15) is 0 Å². The zero-order valence-corrected chi connectivity index (χ0v) is 10.4. The first-order chi connectivity index (χ1) is 7.60. The van der Waals surface area contributed by atoms with Crippen molar-refractivity contribution in [3.63, 3.8) is 0 Å². The van der Waals surface area contributed by atoms with Gasteiger partial charge in [0.25, 0.3) is 0 Å². The zero-order chi connectivity index (χ0) is 11.3. The molecule has 0 N–H and O–H groups in total. The summed E-state index contributed by atoms with van der Waals surface area (Å²) >= 11 is 0. The van der Waals surface area contributed by atoms with E-state index >= 15 is 0 Å². The first-order valence-corrected chi connectivity index (χ1v) is 6.81. The quantitative estimate of drug-likeness (QED) is 0.637. The minimum absolute atomic E-state index is 0.109. The molecule has 90 valence electrons. The van der Waals surface area contributed by atoms with E-state index in [1.165, 1.54) is 12.8 Å². The third kappa shape index (κ3) is 1.49. The lowest BCUT2D eigenvalue weighted by Gasteiger charge is -2.39. The minimum Gasteiger partial charge on any atom is -0.462 e. The van der Waals surface area contributed by atoms with Gasteiger partial charge in [-0.15, -0.1) is 0 Å². The van der Waals surface area contributed by atoms with Crippen LogP contribution in [0.1, 0.15) is 52.4 Å². The van der Waals surface area contributed by atoms with Gasteiger partial charge in [0.05, 0.1) is 5.92 Å². The predicted octanol–water partition coefficient (Wildman–Crippen LogP) is 3.15. The normalized spacial score (nSPS) is 51.0. The molecule has 0 aromatic carbocycles. The van der Waals surface area contributed by atoms with Crippen molar-refractivity contribution in [3.8, 4) is 0 Å². The molecule has 0 amide bonds. The number of ether oxygens (including phenoxy) is 1. The maximum absolute atomic E-state index is 12.2. The van der Waals surface area contributed by atoms with Crippen molar-refractivity contribution in [3.05, 3.63) is 0 Å². The molecule has 1 saturated heterocycles. The van der Waals surface area contributed by atoms with Gasteiger partial charge < -0.3 is 4.74 Å². The Morgan fingerprint density at radius 3 is 2.75 bits per heavy atom. The van der Waals surface area contributed by atoms with Crippen molar-refractivity contribution in [1.82, 2.24) is 0 Å². The van der Waals surface area contributed by atoms with Gasteiger partial charge in [0.15, 0.2) is 0 Å². The fourth-order valence-electron chi connectivity index (χ4n) is 4.40. The van der Waals surface area contributed by atoms with Crippen LogP contribution in [0.3, 0.4) is 0 Å². The van der Waals surface area contributed by atoms with Crippen LogP contribution in [-0.4, -0.2) is 12.1 Å². The minimum atomic E-state index is 0.109. The molecule has 2 heteroatoms. The monoisotopic (exact) mass is 222 g/mol. The molecule has 3 aliphatic rings. The molecule has 0 radical (unpaired) electrons. The SMILES string of the molecule is CCC1(C)CC2CC3CC(C2)OC(=O)C1C3. The zero-order valence-electron chi connectivity index (χ0n) is 10.4. The number of fused-ring (bicyclic) bond motifs is 3. The van der Waals surface area contributed by atoms with E-state index < -0.39 is 0 Å². The molecule has 5 unspecified atom stereocenters. The second-order valence-electron chi connectivity index (χ2n) is 6.50. The van der Waals surface area contributed by atoms with E-state index in [0.29, 0.717) is 0 Å². The number of hydrogen-bond donors (Lipinski definition) is 0. The summed E-state index contributed by atoms with van der Waals surface area (Å²) in [7, 11) is 0. The van der Waals surface area contributed by atoms with E-state index in [2.05, 4.69) is 13.8 Å². The summed E-state index contributed by atoms with van der Waals surface area (Å²) in [5, 5.41) is 0. The topological polar surface area (TPSA) is 26.3 Å². The number of carbonyl (C=O) groups is 1. The maximum Gasteiger partial charge on any atom is 0.309 e. The predicted molar refractivity (Wildman–Crippen MR) is 61.8 cm³/mol. The summed E-state index contributed by atoms with van der Waals surface area (Å²) in [5.41, 5.74) is 0.200. The average Bonchev–Trinajstić information content (AvgIpc) is 2.41. The van der Waals surface area contributed by atoms with Crippen LogP contribution in [0.4, 0.5) is 0 Å². The van der Waals surface area contributed by atoms with Crippen molar-refractivity contribution < 1.29 is 9.53 Å². The summed E-state index contributed by atoms with van der Waals surface area (Å²) in [6.07, 6.45) is 7.32. The van der Waals surface area contributed by atoms with E-state index in [0.717, 1.165) is 37.5 Å². The summed E-state index contributed by atoms with van der Waals surface area (Å²) < 4.78 is 5.67. The molecular formula is C14H22O2. The Morgan fingerprint density at radius 1 is 1.25 bits per heavy atom. The highest BCUT2D eigenvalue weighted by molar-refractivity contribution is 5.74. The van der Waals surface area contributed by atoms with Gasteiger partial charge in [-0.1, -0.05) is 13.8 Å². The Kier molecular flexibility index (Phi) is 2.31. The van der Waals surface area contributed by atoms with Crippen LogP contribution in [0.15, 0.2) is 0 Å². The first-order valence-electron chi connectivity index (χ1n) is 6.81. The molecule has 0 aromatic heterocycles. The number of esters is 1. The van der Waals surface area contributed by atoms with Crippen LogP contribution in [0.25, 0.3) is 0 Å². The molecule has 0 spiro atoms. The van der Waals surface area contributed by atoms with Crippen molar-refractivity contribution in [2.75, 3.05) is 0 Å². The highest BCUT2D eigenvalue weighted by Crippen LogP contribution is 2.53. The Hall–Kier alpha value is -0.530. The molecule has 3 rings (SSSR count). The van der Waals surface area contributed by atoms with Gasteiger partial charge >= 0.3 is 5.97 Å². The first kappa shape index (κ1) is 10.6. The molecule has 16 heavy (non-hydrogen) atoms. The van der Waals surface area contributed by atoms with Gasteiger partial charge in [0, 0.05) is 0 Å². The number of hydrogen-bond acceptors (Lipinski definition) is 2. The molecule has 0 aromatic rings. The molecule has 3 fully saturated rings. The van der Waals surface area contributed by atoms with E-state index in [4.69, 9.17) is 4.74 Å². The lowest BCUT2D eigenvalue weighted by molar-refractivity contribution is -0.161. The van der Waals surface area contributed by atoms with Crippen LogP contribution >= 0.6 is 0 Å². The van der Waals surface area contributed by atoms with Crippen LogP contribution in [0.2, 0.25) is 0 Å². The second-order valence-corrected chi connectivity index (χ2v) is 6.50. The lowest BCUT2D eigenvalue weighted by Crippen LogP contribution is -2.38. The van der Waals surface area contributed by atoms with Crippen LogP contribution in [-0.2, 0) is 9.53 Å². The fraction of sp³-hybridized carbons (Fsp3) is 0.929. The van der Waals surface area contributed by atoms with E-state index in [9.17, 15) is 4.79 Å². The summed E-state index contributed by atoms with van der Waals surface area (Å²) in [4.78, 5) is 12.2. The largest absolute Gasteiger partial charge is 0.462 e. The standard InChI is InChI=1S/C14H22O2/c1-3-14(2)8-10-4-9-5-11(6-10)16-13(15)12(14)7-9/h9-12H,3-8H2,1-2H3.